The van der Waals surface area contributed by atoms with Crippen molar-refractivity contribution in [2.75, 3.05) is 18.0 Å². The first-order valence-corrected chi connectivity index (χ1v) is 10.2. The fourth-order valence-corrected chi connectivity index (χ4v) is 4.80. The zero-order valence-electron chi connectivity index (χ0n) is 15.1. The highest BCUT2D eigenvalue weighted by Gasteiger charge is 2.30. The highest BCUT2D eigenvalue weighted by atomic mass is 32.2. The largest absolute Gasteiger partial charge is 0.477 e. The Labute approximate surface area is 167 Å². The number of hydrogen-bond acceptors (Lipinski definition) is 8. The number of carbonyl (C=O) groups is 2. The van der Waals surface area contributed by atoms with Crippen molar-refractivity contribution in [3.05, 3.63) is 45.2 Å². The van der Waals surface area contributed by atoms with Gasteiger partial charge < -0.3 is 10.0 Å². The number of thioether (sulfide) groups is 1. The molecule has 4 heterocycles. The standard InChI is InChI=1S/C18H16N4O4S2/c1-9-5-13(21-6-11(7-21)28-10(2)23)20-16-14(9)15(24)12(17(25)26)8-22(16)18-19-3-4-27-18/h3-5,8,11H,6-7H2,1-2H3,(H,25,26). The Kier molecular flexibility index (Phi) is 4.68. The van der Waals surface area contributed by atoms with Crippen molar-refractivity contribution in [3.63, 3.8) is 0 Å². The molecule has 28 heavy (non-hydrogen) atoms. The van der Waals surface area contributed by atoms with Crippen molar-refractivity contribution < 1.29 is 14.7 Å². The molecule has 0 saturated carbocycles. The Bertz CT molecular complexity index is 1150. The number of carboxylic acids is 1. The zero-order chi connectivity index (χ0) is 20.0. The number of fused-ring (bicyclic) bond motifs is 1. The van der Waals surface area contributed by atoms with Gasteiger partial charge in [0.25, 0.3) is 0 Å². The molecule has 0 atom stereocenters. The van der Waals surface area contributed by atoms with E-state index in [0.717, 1.165) is 0 Å². The molecule has 1 aliphatic rings. The number of aryl methyl sites for hydroxylation is 1. The van der Waals surface area contributed by atoms with Crippen LogP contribution in [0.4, 0.5) is 5.82 Å². The SMILES string of the molecule is CC(=O)SC1CN(c2cc(C)c3c(=O)c(C(=O)O)cn(-c4nccs4)c3n2)C1. The average Bonchev–Trinajstić information content (AvgIpc) is 3.11. The summed E-state index contributed by atoms with van der Waals surface area (Å²) < 4.78 is 1.56. The molecule has 1 aliphatic heterocycles. The molecule has 0 spiro atoms. The van der Waals surface area contributed by atoms with Gasteiger partial charge in [-0.1, -0.05) is 11.8 Å². The van der Waals surface area contributed by atoms with Crippen molar-refractivity contribution in [1.29, 1.82) is 0 Å². The Morgan fingerprint density at radius 1 is 1.36 bits per heavy atom. The minimum Gasteiger partial charge on any atom is -0.477 e. The summed E-state index contributed by atoms with van der Waals surface area (Å²) in [4.78, 5) is 46.5. The van der Waals surface area contributed by atoms with E-state index in [-0.39, 0.29) is 21.3 Å². The van der Waals surface area contributed by atoms with Crippen molar-refractivity contribution in [2.45, 2.75) is 19.1 Å². The number of nitrogens with zero attached hydrogens (tertiary/aromatic N) is 4. The van der Waals surface area contributed by atoms with Crippen LogP contribution in [0.25, 0.3) is 16.2 Å². The quantitative estimate of drug-likeness (QED) is 0.691. The molecule has 1 saturated heterocycles. The van der Waals surface area contributed by atoms with Gasteiger partial charge in [0.15, 0.2) is 15.9 Å². The van der Waals surface area contributed by atoms with Crippen molar-refractivity contribution >= 4 is 51.0 Å². The van der Waals surface area contributed by atoms with Gasteiger partial charge in [-0.25, -0.2) is 14.8 Å². The van der Waals surface area contributed by atoms with Crippen LogP contribution in [0.2, 0.25) is 0 Å². The summed E-state index contributed by atoms with van der Waals surface area (Å²) in [6.45, 7) is 4.71. The lowest BCUT2D eigenvalue weighted by atomic mass is 10.1. The second kappa shape index (κ2) is 7.02. The van der Waals surface area contributed by atoms with Crippen LogP contribution < -0.4 is 10.3 Å². The number of rotatable bonds is 4. The fraction of sp³-hybridized carbons (Fsp3) is 0.278. The molecule has 3 aromatic heterocycles. The maximum Gasteiger partial charge on any atom is 0.341 e. The van der Waals surface area contributed by atoms with Gasteiger partial charge in [-0.2, -0.15) is 0 Å². The maximum absolute atomic E-state index is 12.7. The Balaban J connectivity index is 1.86. The van der Waals surface area contributed by atoms with Gasteiger partial charge in [-0.05, 0) is 18.6 Å². The molecule has 0 aromatic carbocycles. The van der Waals surface area contributed by atoms with Crippen LogP contribution in [0.1, 0.15) is 22.8 Å². The van der Waals surface area contributed by atoms with Gasteiger partial charge in [0, 0.05) is 43.0 Å². The smallest absolute Gasteiger partial charge is 0.341 e. The molecule has 0 radical (unpaired) electrons. The van der Waals surface area contributed by atoms with Gasteiger partial charge in [-0.3, -0.25) is 14.2 Å². The molecule has 0 amide bonds. The van der Waals surface area contributed by atoms with E-state index in [9.17, 15) is 19.5 Å². The molecule has 1 fully saturated rings. The average molecular weight is 416 g/mol. The highest BCUT2D eigenvalue weighted by molar-refractivity contribution is 8.14. The van der Waals surface area contributed by atoms with E-state index in [2.05, 4.69) is 9.97 Å². The Hall–Kier alpha value is -2.72. The molecule has 8 nitrogen and oxygen atoms in total. The normalized spacial score (nSPS) is 14.3. The molecule has 1 N–H and O–H groups in total. The number of thiazole rings is 1. The molecule has 10 heteroatoms. The van der Waals surface area contributed by atoms with Crippen LogP contribution >= 0.6 is 23.1 Å². The summed E-state index contributed by atoms with van der Waals surface area (Å²) in [7, 11) is 0. The number of carbonyl (C=O) groups excluding carboxylic acids is 1. The lowest BCUT2D eigenvalue weighted by Crippen LogP contribution is -2.50. The molecular formula is C18H16N4O4S2. The topological polar surface area (TPSA) is 105 Å². The van der Waals surface area contributed by atoms with Crippen LogP contribution in [0.15, 0.2) is 28.6 Å². The third kappa shape index (κ3) is 3.18. The number of hydrogen-bond donors (Lipinski definition) is 1. The monoisotopic (exact) mass is 416 g/mol. The number of carboxylic acid groups (broad SMARTS) is 1. The van der Waals surface area contributed by atoms with E-state index in [1.165, 1.54) is 29.3 Å². The van der Waals surface area contributed by atoms with Crippen molar-refractivity contribution in [1.82, 2.24) is 14.5 Å². The van der Waals surface area contributed by atoms with E-state index in [0.29, 0.717) is 35.2 Å². The summed E-state index contributed by atoms with van der Waals surface area (Å²) in [5.41, 5.74) is 0.159. The predicted molar refractivity (Wildman–Crippen MR) is 109 cm³/mol. The maximum atomic E-state index is 12.7. The predicted octanol–water partition coefficient (Wildman–Crippen LogP) is 2.32. The zero-order valence-corrected chi connectivity index (χ0v) is 16.7. The molecule has 144 valence electrons. The Morgan fingerprint density at radius 2 is 2.11 bits per heavy atom. The first kappa shape index (κ1) is 18.6. The molecule has 4 rings (SSSR count). The third-order valence-electron chi connectivity index (χ3n) is 4.50. The first-order chi connectivity index (χ1) is 13.3. The summed E-state index contributed by atoms with van der Waals surface area (Å²) >= 11 is 2.65. The van der Waals surface area contributed by atoms with Crippen LogP contribution in [-0.4, -0.2) is 49.1 Å². The highest BCUT2D eigenvalue weighted by Crippen LogP contribution is 2.30. The van der Waals surface area contributed by atoms with Crippen LogP contribution in [0, 0.1) is 6.92 Å². The molecule has 0 bridgehead atoms. The lowest BCUT2D eigenvalue weighted by molar-refractivity contribution is -0.109. The van der Waals surface area contributed by atoms with Crippen LogP contribution in [0.5, 0.6) is 0 Å². The molecule has 0 unspecified atom stereocenters. The summed E-state index contributed by atoms with van der Waals surface area (Å²) in [6, 6.07) is 1.79. The molecular weight excluding hydrogens is 400 g/mol. The first-order valence-electron chi connectivity index (χ1n) is 8.47. The van der Waals surface area contributed by atoms with Crippen LogP contribution in [0.3, 0.4) is 0 Å². The Morgan fingerprint density at radius 3 is 2.71 bits per heavy atom. The van der Waals surface area contributed by atoms with Gasteiger partial charge in [-0.15, -0.1) is 11.3 Å². The second-order valence-corrected chi connectivity index (χ2v) is 8.84. The minimum atomic E-state index is -1.28. The van der Waals surface area contributed by atoms with E-state index in [4.69, 9.17) is 0 Å². The van der Waals surface area contributed by atoms with E-state index >= 15 is 0 Å². The summed E-state index contributed by atoms with van der Waals surface area (Å²) in [5.74, 6) is -0.592. The third-order valence-corrected chi connectivity index (χ3v) is 6.24. The summed E-state index contributed by atoms with van der Waals surface area (Å²) in [6.07, 6.45) is 2.90. The van der Waals surface area contributed by atoms with Gasteiger partial charge in [0.1, 0.15) is 11.4 Å². The lowest BCUT2D eigenvalue weighted by Gasteiger charge is -2.39. The molecule has 0 aliphatic carbocycles. The van der Waals surface area contributed by atoms with Crippen LogP contribution in [-0.2, 0) is 4.79 Å². The fourth-order valence-electron chi connectivity index (χ4n) is 3.21. The second-order valence-electron chi connectivity index (χ2n) is 6.49. The van der Waals surface area contributed by atoms with Crippen molar-refractivity contribution in [2.24, 2.45) is 0 Å². The van der Waals surface area contributed by atoms with Gasteiger partial charge >= 0.3 is 5.97 Å². The van der Waals surface area contributed by atoms with Gasteiger partial charge in [0.05, 0.1) is 5.39 Å². The number of aromatic carboxylic acids is 1. The minimum absolute atomic E-state index is 0.0890. The van der Waals surface area contributed by atoms with E-state index in [1.807, 2.05) is 4.90 Å². The number of aromatic nitrogens is 3. The molecule has 3 aromatic rings. The number of anilines is 1. The number of pyridine rings is 2. The van der Waals surface area contributed by atoms with Gasteiger partial charge in [0.2, 0.25) is 5.43 Å². The van der Waals surface area contributed by atoms with E-state index in [1.54, 1.807) is 36.1 Å². The van der Waals surface area contributed by atoms with Crippen molar-refractivity contribution in [3.8, 4) is 5.13 Å². The van der Waals surface area contributed by atoms with E-state index < -0.39 is 11.4 Å². The summed E-state index contributed by atoms with van der Waals surface area (Å²) in [5, 5.41) is 12.3.